The summed E-state index contributed by atoms with van der Waals surface area (Å²) in [4.78, 5) is 24.3. The van der Waals surface area contributed by atoms with E-state index in [9.17, 15) is 4.79 Å². The number of aromatic nitrogens is 2. The van der Waals surface area contributed by atoms with E-state index in [4.69, 9.17) is 0 Å². The molecule has 0 saturated carbocycles. The highest BCUT2D eigenvalue weighted by Crippen LogP contribution is 2.31. The lowest BCUT2D eigenvalue weighted by Crippen LogP contribution is -2.47. The molecule has 1 aliphatic heterocycles. The number of anilines is 1. The number of likely N-dealkylation sites (N-methyl/N-ethyl adjacent to an activating group) is 1. The fourth-order valence-electron chi connectivity index (χ4n) is 2.77. The average Bonchev–Trinajstić information content (AvgIpc) is 3.20. The van der Waals surface area contributed by atoms with Gasteiger partial charge in [0.15, 0.2) is 0 Å². The molecule has 1 amide bonds. The molecule has 7 heteroatoms. The van der Waals surface area contributed by atoms with Crippen molar-refractivity contribution < 1.29 is 4.79 Å². The van der Waals surface area contributed by atoms with Crippen LogP contribution in [0.5, 0.6) is 0 Å². The maximum Gasteiger partial charge on any atom is 0.242 e. The topological polar surface area (TPSA) is 70.2 Å². The minimum atomic E-state index is -0.137. The van der Waals surface area contributed by atoms with Gasteiger partial charge in [0.1, 0.15) is 23.0 Å². The third kappa shape index (κ3) is 2.91. The molecule has 3 rings (SSSR count). The van der Waals surface area contributed by atoms with E-state index >= 15 is 0 Å². The van der Waals surface area contributed by atoms with E-state index in [-0.39, 0.29) is 18.0 Å². The van der Waals surface area contributed by atoms with E-state index in [1.807, 2.05) is 25.4 Å². The molecule has 2 atom stereocenters. The fourth-order valence-corrected chi connectivity index (χ4v) is 3.50. The summed E-state index contributed by atoms with van der Waals surface area (Å²) in [5.74, 6) is 0.965. The molecular weight excluding hydrogens is 298 g/mol. The maximum atomic E-state index is 12.5. The Morgan fingerprint density at radius 3 is 3.23 bits per heavy atom. The van der Waals surface area contributed by atoms with Crippen molar-refractivity contribution in [1.82, 2.24) is 20.6 Å². The van der Waals surface area contributed by atoms with E-state index in [2.05, 4.69) is 25.5 Å². The van der Waals surface area contributed by atoms with Crippen LogP contribution in [-0.4, -0.2) is 48.1 Å². The van der Waals surface area contributed by atoms with Crippen molar-refractivity contribution in [3.05, 3.63) is 17.8 Å². The normalized spacial score (nSPS) is 19.5. The van der Waals surface area contributed by atoms with E-state index < -0.39 is 0 Å². The maximum absolute atomic E-state index is 12.5. The van der Waals surface area contributed by atoms with Gasteiger partial charge >= 0.3 is 0 Å². The van der Waals surface area contributed by atoms with Crippen LogP contribution in [0.25, 0.3) is 10.2 Å². The zero-order valence-corrected chi connectivity index (χ0v) is 13.7. The second kappa shape index (κ2) is 6.58. The van der Waals surface area contributed by atoms with Gasteiger partial charge in [0.25, 0.3) is 0 Å². The fraction of sp³-hybridized carbons (Fsp3) is 0.533. The van der Waals surface area contributed by atoms with Gasteiger partial charge in [0, 0.05) is 19.1 Å². The molecular formula is C15H21N5OS. The van der Waals surface area contributed by atoms with Gasteiger partial charge < -0.3 is 15.5 Å². The van der Waals surface area contributed by atoms with Crippen molar-refractivity contribution in [1.29, 1.82) is 0 Å². The first kappa shape index (κ1) is 15.2. The minimum absolute atomic E-state index is 0.0848. The van der Waals surface area contributed by atoms with Gasteiger partial charge in [-0.15, -0.1) is 11.3 Å². The molecule has 1 saturated heterocycles. The number of thiophene rings is 1. The molecule has 3 heterocycles. The first-order chi connectivity index (χ1) is 10.7. The van der Waals surface area contributed by atoms with Crippen molar-refractivity contribution in [2.24, 2.45) is 0 Å². The van der Waals surface area contributed by atoms with Crippen LogP contribution in [0.15, 0.2) is 17.8 Å². The van der Waals surface area contributed by atoms with Gasteiger partial charge in [0.05, 0.1) is 5.39 Å². The van der Waals surface area contributed by atoms with Crippen LogP contribution in [0.3, 0.4) is 0 Å². The van der Waals surface area contributed by atoms with E-state index in [0.29, 0.717) is 6.54 Å². The summed E-state index contributed by atoms with van der Waals surface area (Å²) in [6, 6.07) is 2.16. The first-order valence-electron chi connectivity index (χ1n) is 7.60. The van der Waals surface area contributed by atoms with Gasteiger partial charge in [-0.05, 0) is 38.3 Å². The number of rotatable bonds is 5. The Bertz CT molecular complexity index is 658. The molecule has 118 valence electrons. The SMILES string of the molecule is CNC(C)CNC(=O)C1CCCN1c1ncnc2sccc12. The summed E-state index contributed by atoms with van der Waals surface area (Å²) in [5, 5.41) is 9.21. The van der Waals surface area contributed by atoms with Crippen LogP contribution in [0, 0.1) is 0 Å². The minimum Gasteiger partial charge on any atom is -0.353 e. The molecule has 2 aromatic heterocycles. The summed E-state index contributed by atoms with van der Waals surface area (Å²) in [6.45, 7) is 3.55. The highest BCUT2D eigenvalue weighted by atomic mass is 32.1. The van der Waals surface area contributed by atoms with Crippen LogP contribution in [0.4, 0.5) is 5.82 Å². The smallest absolute Gasteiger partial charge is 0.242 e. The van der Waals surface area contributed by atoms with Crippen molar-refractivity contribution in [3.8, 4) is 0 Å². The predicted molar refractivity (Wildman–Crippen MR) is 89.3 cm³/mol. The third-order valence-corrected chi connectivity index (χ3v) is 4.96. The molecule has 0 spiro atoms. The molecule has 1 aliphatic rings. The second-order valence-electron chi connectivity index (χ2n) is 5.62. The molecule has 22 heavy (non-hydrogen) atoms. The average molecular weight is 319 g/mol. The van der Waals surface area contributed by atoms with Gasteiger partial charge in [0.2, 0.25) is 5.91 Å². The number of carbonyl (C=O) groups is 1. The van der Waals surface area contributed by atoms with Crippen LogP contribution < -0.4 is 15.5 Å². The molecule has 2 N–H and O–H groups in total. The number of hydrogen-bond donors (Lipinski definition) is 2. The van der Waals surface area contributed by atoms with Gasteiger partial charge in [-0.2, -0.15) is 0 Å². The Hall–Kier alpha value is -1.73. The van der Waals surface area contributed by atoms with Crippen LogP contribution >= 0.6 is 11.3 Å². The largest absolute Gasteiger partial charge is 0.353 e. The van der Waals surface area contributed by atoms with Crippen LogP contribution in [0.1, 0.15) is 19.8 Å². The Morgan fingerprint density at radius 1 is 1.55 bits per heavy atom. The Kier molecular flexibility index (Phi) is 4.54. The molecule has 0 bridgehead atoms. The summed E-state index contributed by atoms with van der Waals surface area (Å²) in [5.41, 5.74) is 0. The number of carbonyl (C=O) groups excluding carboxylic acids is 1. The summed E-state index contributed by atoms with van der Waals surface area (Å²) >= 11 is 1.60. The predicted octanol–water partition coefficient (Wildman–Crippen LogP) is 1.38. The zero-order chi connectivity index (χ0) is 15.5. The summed E-state index contributed by atoms with van der Waals surface area (Å²) < 4.78 is 0. The summed E-state index contributed by atoms with van der Waals surface area (Å²) in [7, 11) is 1.90. The standard InChI is InChI=1S/C15H21N5OS/c1-10(16-2)8-17-14(21)12-4-3-6-20(12)13-11-5-7-22-15(11)19-9-18-13/h5,7,9-10,12,16H,3-4,6,8H2,1-2H3,(H,17,21). The lowest BCUT2D eigenvalue weighted by atomic mass is 10.2. The van der Waals surface area contributed by atoms with Gasteiger partial charge in [-0.3, -0.25) is 4.79 Å². The molecule has 2 aromatic rings. The van der Waals surface area contributed by atoms with Crippen molar-refractivity contribution in [2.75, 3.05) is 25.0 Å². The lowest BCUT2D eigenvalue weighted by molar-refractivity contribution is -0.122. The van der Waals surface area contributed by atoms with E-state index in [1.54, 1.807) is 17.7 Å². The molecule has 0 aliphatic carbocycles. The number of nitrogens with zero attached hydrogens (tertiary/aromatic N) is 3. The monoisotopic (exact) mass is 319 g/mol. The van der Waals surface area contributed by atoms with Gasteiger partial charge in [-0.25, -0.2) is 9.97 Å². The van der Waals surface area contributed by atoms with Crippen molar-refractivity contribution in [3.63, 3.8) is 0 Å². The zero-order valence-electron chi connectivity index (χ0n) is 12.9. The van der Waals surface area contributed by atoms with Crippen LogP contribution in [-0.2, 0) is 4.79 Å². The lowest BCUT2D eigenvalue weighted by Gasteiger charge is -2.25. The molecule has 0 radical (unpaired) electrons. The number of hydrogen-bond acceptors (Lipinski definition) is 6. The Labute approximate surface area is 133 Å². The van der Waals surface area contributed by atoms with E-state index in [1.165, 1.54) is 0 Å². The Balaban J connectivity index is 1.78. The third-order valence-electron chi connectivity index (χ3n) is 4.14. The molecule has 6 nitrogen and oxygen atoms in total. The first-order valence-corrected chi connectivity index (χ1v) is 8.48. The number of nitrogens with one attached hydrogen (secondary N) is 2. The quantitative estimate of drug-likeness (QED) is 0.871. The summed E-state index contributed by atoms with van der Waals surface area (Å²) in [6.07, 6.45) is 3.47. The second-order valence-corrected chi connectivity index (χ2v) is 6.52. The molecule has 1 fully saturated rings. The molecule has 0 aromatic carbocycles. The number of amides is 1. The molecule has 2 unspecified atom stereocenters. The Morgan fingerprint density at radius 2 is 2.41 bits per heavy atom. The highest BCUT2D eigenvalue weighted by Gasteiger charge is 2.32. The van der Waals surface area contributed by atoms with Crippen molar-refractivity contribution >= 4 is 33.3 Å². The van der Waals surface area contributed by atoms with Crippen LogP contribution in [0.2, 0.25) is 0 Å². The number of fused-ring (bicyclic) bond motifs is 1. The highest BCUT2D eigenvalue weighted by molar-refractivity contribution is 7.16. The van der Waals surface area contributed by atoms with Crippen molar-refractivity contribution in [2.45, 2.75) is 31.8 Å². The van der Waals surface area contributed by atoms with E-state index in [0.717, 1.165) is 35.4 Å². The van der Waals surface area contributed by atoms with Gasteiger partial charge in [-0.1, -0.05) is 0 Å².